The number of hydrogen-bond donors (Lipinski definition) is 2. The summed E-state index contributed by atoms with van der Waals surface area (Å²) < 4.78 is 5.43. The fraction of sp³-hybridized carbons (Fsp3) is 1.00. The Morgan fingerprint density at radius 2 is 2.27 bits per heavy atom. The zero-order valence-electron chi connectivity index (χ0n) is 6.81. The molecule has 2 rings (SSSR count). The third-order valence-electron chi connectivity index (χ3n) is 2.63. The van der Waals surface area contributed by atoms with Gasteiger partial charge in [-0.25, -0.2) is 0 Å². The van der Waals surface area contributed by atoms with Crippen LogP contribution in [0.25, 0.3) is 0 Å². The SMILES string of the molecule is C1COCC(C2CCNN2)C1. The summed E-state index contributed by atoms with van der Waals surface area (Å²) in [5.41, 5.74) is 6.46. The molecule has 0 saturated carbocycles. The largest absolute Gasteiger partial charge is 0.381 e. The molecule has 0 bridgehead atoms. The van der Waals surface area contributed by atoms with Crippen molar-refractivity contribution < 1.29 is 4.74 Å². The molecule has 2 aliphatic heterocycles. The second-order valence-corrected chi connectivity index (χ2v) is 3.44. The molecule has 64 valence electrons. The van der Waals surface area contributed by atoms with Crippen LogP contribution in [0.15, 0.2) is 0 Å². The summed E-state index contributed by atoms with van der Waals surface area (Å²) in [4.78, 5) is 0. The summed E-state index contributed by atoms with van der Waals surface area (Å²) in [7, 11) is 0. The lowest BCUT2D eigenvalue weighted by Crippen LogP contribution is -2.39. The average molecular weight is 156 g/mol. The van der Waals surface area contributed by atoms with Gasteiger partial charge in [-0.2, -0.15) is 0 Å². The molecule has 2 unspecified atom stereocenters. The quantitative estimate of drug-likeness (QED) is 0.572. The zero-order chi connectivity index (χ0) is 7.52. The molecule has 0 aromatic heterocycles. The minimum atomic E-state index is 0.662. The summed E-state index contributed by atoms with van der Waals surface area (Å²) in [6.07, 6.45) is 3.83. The van der Waals surface area contributed by atoms with Crippen LogP contribution in [0.4, 0.5) is 0 Å². The van der Waals surface area contributed by atoms with Crippen molar-refractivity contribution in [2.75, 3.05) is 19.8 Å². The van der Waals surface area contributed by atoms with E-state index in [1.54, 1.807) is 0 Å². The third-order valence-corrected chi connectivity index (χ3v) is 2.63. The molecule has 2 heterocycles. The van der Waals surface area contributed by atoms with E-state index in [-0.39, 0.29) is 0 Å². The van der Waals surface area contributed by atoms with Gasteiger partial charge in [-0.3, -0.25) is 10.9 Å². The highest BCUT2D eigenvalue weighted by molar-refractivity contribution is 4.81. The summed E-state index contributed by atoms with van der Waals surface area (Å²) in [5, 5.41) is 0. The summed E-state index contributed by atoms with van der Waals surface area (Å²) in [6.45, 7) is 3.04. The lowest BCUT2D eigenvalue weighted by atomic mass is 9.93. The van der Waals surface area contributed by atoms with Crippen molar-refractivity contribution in [3.8, 4) is 0 Å². The van der Waals surface area contributed by atoms with Crippen LogP contribution in [0, 0.1) is 5.92 Å². The average Bonchev–Trinajstić information content (AvgIpc) is 2.58. The molecular weight excluding hydrogens is 140 g/mol. The van der Waals surface area contributed by atoms with Gasteiger partial charge < -0.3 is 4.74 Å². The van der Waals surface area contributed by atoms with E-state index in [0.29, 0.717) is 6.04 Å². The predicted octanol–water partition coefficient (Wildman–Crippen LogP) is 0.279. The van der Waals surface area contributed by atoms with E-state index in [2.05, 4.69) is 10.9 Å². The van der Waals surface area contributed by atoms with Crippen molar-refractivity contribution in [3.05, 3.63) is 0 Å². The molecule has 2 N–H and O–H groups in total. The van der Waals surface area contributed by atoms with Gasteiger partial charge in [-0.05, 0) is 25.2 Å². The van der Waals surface area contributed by atoms with Crippen molar-refractivity contribution in [1.29, 1.82) is 0 Å². The molecule has 11 heavy (non-hydrogen) atoms. The first-order chi connectivity index (χ1) is 5.47. The molecule has 2 atom stereocenters. The Kier molecular flexibility index (Phi) is 2.41. The van der Waals surface area contributed by atoms with Gasteiger partial charge in [0.25, 0.3) is 0 Å². The van der Waals surface area contributed by atoms with Crippen LogP contribution in [0.3, 0.4) is 0 Å². The molecule has 2 saturated heterocycles. The smallest absolute Gasteiger partial charge is 0.0509 e. The van der Waals surface area contributed by atoms with Crippen LogP contribution >= 0.6 is 0 Å². The molecule has 2 fully saturated rings. The number of nitrogens with one attached hydrogen (secondary N) is 2. The van der Waals surface area contributed by atoms with Crippen LogP contribution in [0.2, 0.25) is 0 Å². The first-order valence-electron chi connectivity index (χ1n) is 4.53. The van der Waals surface area contributed by atoms with Gasteiger partial charge in [0.15, 0.2) is 0 Å². The molecule has 0 aliphatic carbocycles. The van der Waals surface area contributed by atoms with E-state index in [1.807, 2.05) is 0 Å². The fourth-order valence-corrected chi connectivity index (χ4v) is 1.94. The van der Waals surface area contributed by atoms with E-state index in [9.17, 15) is 0 Å². The zero-order valence-corrected chi connectivity index (χ0v) is 6.81. The number of hydrazine groups is 1. The summed E-state index contributed by atoms with van der Waals surface area (Å²) in [5.74, 6) is 0.749. The highest BCUT2D eigenvalue weighted by Gasteiger charge is 2.26. The highest BCUT2D eigenvalue weighted by Crippen LogP contribution is 2.20. The van der Waals surface area contributed by atoms with E-state index in [0.717, 1.165) is 25.7 Å². The van der Waals surface area contributed by atoms with Gasteiger partial charge in [0.1, 0.15) is 0 Å². The van der Waals surface area contributed by atoms with Crippen molar-refractivity contribution in [1.82, 2.24) is 10.9 Å². The van der Waals surface area contributed by atoms with Crippen LogP contribution in [0.5, 0.6) is 0 Å². The maximum absolute atomic E-state index is 5.43. The minimum Gasteiger partial charge on any atom is -0.381 e. The van der Waals surface area contributed by atoms with Crippen LogP contribution in [-0.2, 0) is 4.74 Å². The highest BCUT2D eigenvalue weighted by atomic mass is 16.5. The topological polar surface area (TPSA) is 33.3 Å². The molecule has 0 aromatic carbocycles. The Bertz CT molecular complexity index is 117. The molecule has 3 heteroatoms. The Balaban J connectivity index is 1.82. The second-order valence-electron chi connectivity index (χ2n) is 3.44. The van der Waals surface area contributed by atoms with E-state index in [1.165, 1.54) is 19.3 Å². The third kappa shape index (κ3) is 1.72. The van der Waals surface area contributed by atoms with Gasteiger partial charge >= 0.3 is 0 Å². The predicted molar refractivity (Wildman–Crippen MR) is 43.1 cm³/mol. The molecular formula is C8H16N2O. The van der Waals surface area contributed by atoms with Gasteiger partial charge in [-0.15, -0.1) is 0 Å². The number of ether oxygens (including phenoxy) is 1. The Morgan fingerprint density at radius 3 is 2.91 bits per heavy atom. The maximum atomic E-state index is 5.43. The first-order valence-corrected chi connectivity index (χ1v) is 4.53. The van der Waals surface area contributed by atoms with Gasteiger partial charge in [0.2, 0.25) is 0 Å². The van der Waals surface area contributed by atoms with Crippen molar-refractivity contribution in [2.24, 2.45) is 5.92 Å². The molecule has 0 radical (unpaired) electrons. The lowest BCUT2D eigenvalue weighted by Gasteiger charge is -2.26. The Morgan fingerprint density at radius 1 is 1.27 bits per heavy atom. The van der Waals surface area contributed by atoms with E-state index < -0.39 is 0 Å². The molecule has 0 amide bonds. The normalized spacial score (nSPS) is 39.3. The first kappa shape index (κ1) is 7.53. The van der Waals surface area contributed by atoms with Crippen molar-refractivity contribution in [3.63, 3.8) is 0 Å². The second kappa shape index (κ2) is 3.52. The maximum Gasteiger partial charge on any atom is 0.0509 e. The van der Waals surface area contributed by atoms with Gasteiger partial charge in [0.05, 0.1) is 6.61 Å². The van der Waals surface area contributed by atoms with Gasteiger partial charge in [0, 0.05) is 19.2 Å². The number of rotatable bonds is 1. The molecule has 0 aromatic rings. The van der Waals surface area contributed by atoms with Crippen molar-refractivity contribution >= 4 is 0 Å². The van der Waals surface area contributed by atoms with E-state index in [4.69, 9.17) is 4.74 Å². The van der Waals surface area contributed by atoms with Gasteiger partial charge in [-0.1, -0.05) is 0 Å². The molecule has 3 nitrogen and oxygen atoms in total. The lowest BCUT2D eigenvalue weighted by molar-refractivity contribution is 0.0414. The summed E-state index contributed by atoms with van der Waals surface area (Å²) in [6, 6.07) is 0.662. The monoisotopic (exact) mass is 156 g/mol. The standard InChI is InChI=1S/C8H16N2O/c1-2-7(6-11-5-1)8-3-4-9-10-8/h7-10H,1-6H2. The Labute approximate surface area is 67.5 Å². The van der Waals surface area contributed by atoms with E-state index >= 15 is 0 Å². The van der Waals surface area contributed by atoms with Crippen LogP contribution in [-0.4, -0.2) is 25.8 Å². The van der Waals surface area contributed by atoms with Crippen molar-refractivity contribution in [2.45, 2.75) is 25.3 Å². The summed E-state index contributed by atoms with van der Waals surface area (Å²) >= 11 is 0. The van der Waals surface area contributed by atoms with Crippen LogP contribution < -0.4 is 10.9 Å². The Hall–Kier alpha value is -0.120. The van der Waals surface area contributed by atoms with Crippen LogP contribution in [0.1, 0.15) is 19.3 Å². The number of hydrogen-bond acceptors (Lipinski definition) is 3. The molecule has 0 spiro atoms. The molecule has 2 aliphatic rings. The minimum absolute atomic E-state index is 0.662. The fourth-order valence-electron chi connectivity index (χ4n) is 1.94.